The minimum atomic E-state index is -0.756. The summed E-state index contributed by atoms with van der Waals surface area (Å²) in [6.07, 6.45) is 0. The molecule has 1 aromatic rings. The predicted octanol–water partition coefficient (Wildman–Crippen LogP) is 0.817. The van der Waals surface area contributed by atoms with Crippen molar-refractivity contribution in [1.82, 2.24) is 0 Å². The van der Waals surface area contributed by atoms with Crippen molar-refractivity contribution in [2.75, 3.05) is 5.32 Å². The Labute approximate surface area is 80.5 Å². The minimum Gasteiger partial charge on any atom is -0.506 e. The third kappa shape index (κ3) is 2.20. The largest absolute Gasteiger partial charge is 0.506 e. The molecule has 1 aromatic carbocycles. The summed E-state index contributed by atoms with van der Waals surface area (Å²) in [7, 11) is 0. The number of nitrogens with two attached hydrogens (primary N) is 1. The molecule has 1 amide bonds. The van der Waals surface area contributed by atoms with Crippen molar-refractivity contribution in [3.8, 4) is 5.75 Å². The number of hydrogen-bond acceptors (Lipinski definition) is 3. The number of amides is 1. The maximum Gasteiger partial charge on any atom is 0.241 e. The topological polar surface area (TPSA) is 75.4 Å². The quantitative estimate of drug-likeness (QED) is 0.616. The zero-order chi connectivity index (χ0) is 10.7. The summed E-state index contributed by atoms with van der Waals surface area (Å²) in [6.45, 7) is 1.47. The monoisotopic (exact) mass is 198 g/mol. The fraction of sp³-hybridized carbons (Fsp3) is 0.222. The standard InChI is InChI=1S/C9H11FN2O2/c1-5(11)9(14)12-8-6(10)3-2-4-7(8)13/h2-5,13H,11H2,1H3,(H,12,14). The van der Waals surface area contributed by atoms with Crippen LogP contribution in [0.25, 0.3) is 0 Å². The minimum absolute atomic E-state index is 0.241. The lowest BCUT2D eigenvalue weighted by molar-refractivity contribution is -0.117. The normalized spacial score (nSPS) is 12.2. The van der Waals surface area contributed by atoms with Gasteiger partial charge in [0.15, 0.2) is 5.82 Å². The number of para-hydroxylation sites is 1. The van der Waals surface area contributed by atoms with Gasteiger partial charge in [0.05, 0.1) is 6.04 Å². The van der Waals surface area contributed by atoms with Gasteiger partial charge in [0.2, 0.25) is 5.91 Å². The summed E-state index contributed by atoms with van der Waals surface area (Å²) in [5.74, 6) is -1.57. The molecule has 0 saturated heterocycles. The molecular weight excluding hydrogens is 187 g/mol. The summed E-state index contributed by atoms with van der Waals surface area (Å²) in [5.41, 5.74) is 5.03. The van der Waals surface area contributed by atoms with E-state index in [1.807, 2.05) is 0 Å². The van der Waals surface area contributed by atoms with Crippen LogP contribution in [0.5, 0.6) is 5.75 Å². The highest BCUT2D eigenvalue weighted by molar-refractivity contribution is 5.95. The van der Waals surface area contributed by atoms with Crippen LogP contribution in [-0.2, 0) is 4.79 Å². The highest BCUT2D eigenvalue weighted by Crippen LogP contribution is 2.25. The van der Waals surface area contributed by atoms with Gasteiger partial charge in [-0.25, -0.2) is 4.39 Å². The number of carbonyl (C=O) groups is 1. The number of rotatable bonds is 2. The Bertz CT molecular complexity index is 332. The van der Waals surface area contributed by atoms with E-state index >= 15 is 0 Å². The number of anilines is 1. The first-order valence-electron chi connectivity index (χ1n) is 4.06. The van der Waals surface area contributed by atoms with Gasteiger partial charge >= 0.3 is 0 Å². The molecule has 0 bridgehead atoms. The highest BCUT2D eigenvalue weighted by atomic mass is 19.1. The van der Waals surface area contributed by atoms with Crippen molar-refractivity contribution in [2.45, 2.75) is 13.0 Å². The molecule has 0 saturated carbocycles. The molecule has 0 spiro atoms. The van der Waals surface area contributed by atoms with Crippen molar-refractivity contribution in [3.05, 3.63) is 24.0 Å². The van der Waals surface area contributed by atoms with Gasteiger partial charge in [-0.3, -0.25) is 4.79 Å². The second-order valence-corrected chi connectivity index (χ2v) is 2.91. The highest BCUT2D eigenvalue weighted by Gasteiger charge is 2.13. The molecule has 76 valence electrons. The van der Waals surface area contributed by atoms with Crippen molar-refractivity contribution in [1.29, 1.82) is 0 Å². The summed E-state index contributed by atoms with van der Waals surface area (Å²) in [4.78, 5) is 11.1. The smallest absolute Gasteiger partial charge is 0.241 e. The summed E-state index contributed by atoms with van der Waals surface area (Å²) < 4.78 is 13.1. The van der Waals surface area contributed by atoms with E-state index in [1.54, 1.807) is 0 Å². The van der Waals surface area contributed by atoms with Gasteiger partial charge in [-0.05, 0) is 19.1 Å². The van der Waals surface area contributed by atoms with E-state index in [0.717, 1.165) is 6.07 Å². The van der Waals surface area contributed by atoms with E-state index < -0.39 is 17.8 Å². The molecule has 0 aliphatic carbocycles. The van der Waals surface area contributed by atoms with Crippen LogP contribution < -0.4 is 11.1 Å². The molecule has 5 heteroatoms. The Morgan fingerprint density at radius 1 is 1.64 bits per heavy atom. The van der Waals surface area contributed by atoms with Crippen LogP contribution in [0.15, 0.2) is 18.2 Å². The van der Waals surface area contributed by atoms with Crippen LogP contribution in [0.1, 0.15) is 6.92 Å². The second kappa shape index (κ2) is 4.06. The maximum atomic E-state index is 13.1. The van der Waals surface area contributed by atoms with E-state index in [1.165, 1.54) is 19.1 Å². The van der Waals surface area contributed by atoms with Crippen LogP contribution in [0.4, 0.5) is 10.1 Å². The van der Waals surface area contributed by atoms with E-state index in [9.17, 15) is 14.3 Å². The number of benzene rings is 1. The Morgan fingerprint density at radius 3 is 2.79 bits per heavy atom. The third-order valence-electron chi connectivity index (χ3n) is 1.65. The molecule has 4 N–H and O–H groups in total. The van der Waals surface area contributed by atoms with Crippen LogP contribution >= 0.6 is 0 Å². The number of aromatic hydroxyl groups is 1. The molecule has 1 atom stereocenters. The lowest BCUT2D eigenvalue weighted by atomic mass is 10.2. The van der Waals surface area contributed by atoms with Gasteiger partial charge in [-0.2, -0.15) is 0 Å². The second-order valence-electron chi connectivity index (χ2n) is 2.91. The van der Waals surface area contributed by atoms with Crippen molar-refractivity contribution in [2.24, 2.45) is 5.73 Å². The lowest BCUT2D eigenvalue weighted by Crippen LogP contribution is -2.32. The van der Waals surface area contributed by atoms with E-state index in [2.05, 4.69) is 5.32 Å². The predicted molar refractivity (Wildman–Crippen MR) is 50.3 cm³/mol. The molecule has 1 unspecified atom stereocenters. The van der Waals surface area contributed by atoms with Gasteiger partial charge < -0.3 is 16.2 Å². The molecular formula is C9H11FN2O2. The Morgan fingerprint density at radius 2 is 2.29 bits per heavy atom. The molecule has 0 fully saturated rings. The van der Waals surface area contributed by atoms with Gasteiger partial charge in [0, 0.05) is 0 Å². The molecule has 0 heterocycles. The zero-order valence-electron chi connectivity index (χ0n) is 7.62. The molecule has 14 heavy (non-hydrogen) atoms. The zero-order valence-corrected chi connectivity index (χ0v) is 7.62. The number of phenolic OH excluding ortho intramolecular Hbond substituents is 1. The van der Waals surface area contributed by atoms with Crippen LogP contribution in [0.2, 0.25) is 0 Å². The Kier molecular flexibility index (Phi) is 3.03. The van der Waals surface area contributed by atoms with Crippen LogP contribution in [0, 0.1) is 5.82 Å². The number of nitrogens with one attached hydrogen (secondary N) is 1. The number of halogens is 1. The molecule has 0 aliphatic rings. The van der Waals surface area contributed by atoms with E-state index in [4.69, 9.17) is 5.73 Å². The van der Waals surface area contributed by atoms with Crippen LogP contribution in [-0.4, -0.2) is 17.1 Å². The summed E-state index contributed by atoms with van der Waals surface area (Å²) in [6, 6.07) is 3.00. The summed E-state index contributed by atoms with van der Waals surface area (Å²) >= 11 is 0. The number of phenols is 1. The lowest BCUT2D eigenvalue weighted by Gasteiger charge is -2.09. The third-order valence-corrected chi connectivity index (χ3v) is 1.65. The molecule has 1 rings (SSSR count). The van der Waals surface area contributed by atoms with Gasteiger partial charge in [0.25, 0.3) is 0 Å². The van der Waals surface area contributed by atoms with Gasteiger partial charge in [0.1, 0.15) is 11.4 Å². The Hall–Kier alpha value is -1.62. The molecule has 0 radical (unpaired) electrons. The number of carbonyl (C=O) groups excluding carboxylic acids is 1. The first-order valence-corrected chi connectivity index (χ1v) is 4.06. The Balaban J connectivity index is 2.91. The van der Waals surface area contributed by atoms with Crippen LogP contribution in [0.3, 0.4) is 0 Å². The SMILES string of the molecule is CC(N)C(=O)Nc1c(O)cccc1F. The first-order chi connectivity index (χ1) is 6.52. The summed E-state index contributed by atoms with van der Waals surface area (Å²) in [5, 5.41) is 11.4. The van der Waals surface area contributed by atoms with Crippen molar-refractivity contribution in [3.63, 3.8) is 0 Å². The van der Waals surface area contributed by atoms with E-state index in [-0.39, 0.29) is 11.4 Å². The fourth-order valence-corrected chi connectivity index (χ4v) is 0.874. The van der Waals surface area contributed by atoms with Crippen molar-refractivity contribution >= 4 is 11.6 Å². The van der Waals surface area contributed by atoms with E-state index in [0.29, 0.717) is 0 Å². The van der Waals surface area contributed by atoms with Gasteiger partial charge in [-0.1, -0.05) is 6.07 Å². The maximum absolute atomic E-state index is 13.1. The number of hydrogen-bond donors (Lipinski definition) is 3. The fourth-order valence-electron chi connectivity index (χ4n) is 0.874. The molecule has 0 aromatic heterocycles. The van der Waals surface area contributed by atoms with Gasteiger partial charge in [-0.15, -0.1) is 0 Å². The first kappa shape index (κ1) is 10.5. The average Bonchev–Trinajstić information content (AvgIpc) is 2.11. The average molecular weight is 198 g/mol. The molecule has 4 nitrogen and oxygen atoms in total. The molecule has 0 aliphatic heterocycles. The van der Waals surface area contributed by atoms with Crippen molar-refractivity contribution < 1.29 is 14.3 Å².